The highest BCUT2D eigenvalue weighted by Gasteiger charge is 2.25. The summed E-state index contributed by atoms with van der Waals surface area (Å²) in [4.78, 5) is 24.7. The van der Waals surface area contributed by atoms with Crippen LogP contribution in [-0.4, -0.2) is 55.8 Å². The van der Waals surface area contributed by atoms with Crippen molar-refractivity contribution in [2.24, 2.45) is 0 Å². The summed E-state index contributed by atoms with van der Waals surface area (Å²) in [7, 11) is 0. The fourth-order valence-corrected chi connectivity index (χ4v) is 4.65. The van der Waals surface area contributed by atoms with E-state index in [0.717, 1.165) is 42.3 Å². The lowest BCUT2D eigenvalue weighted by Gasteiger charge is -2.34. The van der Waals surface area contributed by atoms with Crippen LogP contribution in [0.15, 0.2) is 42.5 Å². The van der Waals surface area contributed by atoms with Crippen LogP contribution in [0.5, 0.6) is 0 Å². The molecule has 0 aliphatic carbocycles. The van der Waals surface area contributed by atoms with Crippen molar-refractivity contribution in [3.8, 4) is 0 Å². The molecule has 2 atom stereocenters. The fourth-order valence-electron chi connectivity index (χ4n) is 3.11. The number of rotatable bonds is 10. The number of aliphatic hydroxyl groups excluding tert-OH is 1. The smallest absolute Gasteiger partial charge is 0.365 e. The molecule has 1 aromatic carbocycles. The van der Waals surface area contributed by atoms with Crippen LogP contribution >= 0.6 is 23.5 Å². The second kappa shape index (κ2) is 12.1. The van der Waals surface area contributed by atoms with Crippen molar-refractivity contribution >= 4 is 34.7 Å². The summed E-state index contributed by atoms with van der Waals surface area (Å²) in [6, 6.07) is 9.90. The fraction of sp³-hybridized carbons (Fsp3) is 0.500. The molecule has 5 nitrogen and oxygen atoms in total. The molecule has 0 bridgehead atoms. The number of nitrogens with zero attached hydrogens (tertiary/aromatic N) is 1. The van der Waals surface area contributed by atoms with E-state index in [1.807, 2.05) is 47.4 Å². The first kappa shape index (κ1) is 21.9. The van der Waals surface area contributed by atoms with Crippen LogP contribution in [0.4, 0.5) is 4.79 Å². The molecule has 27 heavy (non-hydrogen) atoms. The zero-order valence-electron chi connectivity index (χ0n) is 15.3. The Labute approximate surface area is 169 Å². The van der Waals surface area contributed by atoms with Crippen molar-refractivity contribution in [1.82, 2.24) is 4.90 Å². The number of carbonyl (C=O) groups excluding carboxylic acids is 1. The third-order valence-electron chi connectivity index (χ3n) is 4.41. The summed E-state index contributed by atoms with van der Waals surface area (Å²) in [6.07, 6.45) is 7.00. The third kappa shape index (κ3) is 8.41. The first-order valence-corrected chi connectivity index (χ1v) is 11.3. The molecule has 7 heteroatoms. The molecule has 1 aromatic rings. The molecule has 1 saturated heterocycles. The van der Waals surface area contributed by atoms with Gasteiger partial charge in [0.05, 0.1) is 17.2 Å². The zero-order valence-corrected chi connectivity index (χ0v) is 17.0. The van der Waals surface area contributed by atoms with Gasteiger partial charge in [-0.25, -0.2) is 4.79 Å². The number of benzene rings is 1. The summed E-state index contributed by atoms with van der Waals surface area (Å²) < 4.78 is 0. The van der Waals surface area contributed by atoms with Crippen LogP contribution in [0.1, 0.15) is 31.2 Å². The normalized spacial score (nSPS) is 18.8. The summed E-state index contributed by atoms with van der Waals surface area (Å²) in [5.41, 5.74) is 1.09. The number of piperidine rings is 1. The van der Waals surface area contributed by atoms with Crippen molar-refractivity contribution in [3.63, 3.8) is 0 Å². The number of likely N-dealkylation sites (tertiary alicyclic amines) is 1. The van der Waals surface area contributed by atoms with Gasteiger partial charge in [0.25, 0.3) is 0 Å². The van der Waals surface area contributed by atoms with Crippen LogP contribution in [0, 0.1) is 0 Å². The zero-order chi connectivity index (χ0) is 19.5. The minimum Gasteiger partial charge on any atom is -0.473 e. The predicted octanol–water partition coefficient (Wildman–Crippen LogP) is 4.02. The summed E-state index contributed by atoms with van der Waals surface area (Å²) in [6.45, 7) is 0.674. The Morgan fingerprint density at radius 3 is 2.85 bits per heavy atom. The van der Waals surface area contributed by atoms with Gasteiger partial charge >= 0.3 is 5.30 Å². The van der Waals surface area contributed by atoms with E-state index in [9.17, 15) is 14.7 Å². The van der Waals surface area contributed by atoms with Crippen LogP contribution in [0.2, 0.25) is 0 Å². The number of hydrogen-bond donors (Lipinski definition) is 2. The number of hydrogen-bond acceptors (Lipinski definition) is 5. The van der Waals surface area contributed by atoms with E-state index in [0.29, 0.717) is 24.5 Å². The van der Waals surface area contributed by atoms with E-state index in [4.69, 9.17) is 5.11 Å². The lowest BCUT2D eigenvalue weighted by atomic mass is 9.99. The highest BCUT2D eigenvalue weighted by atomic mass is 32.2. The van der Waals surface area contributed by atoms with Crippen molar-refractivity contribution in [1.29, 1.82) is 0 Å². The Morgan fingerprint density at radius 2 is 2.11 bits per heavy atom. The molecule has 1 fully saturated rings. The maximum atomic E-state index is 12.3. The number of thioether (sulfide) groups is 2. The van der Waals surface area contributed by atoms with Crippen LogP contribution in [-0.2, 0) is 11.2 Å². The third-order valence-corrected chi connectivity index (χ3v) is 6.37. The topological polar surface area (TPSA) is 77.8 Å². The maximum Gasteiger partial charge on any atom is 0.365 e. The highest BCUT2D eigenvalue weighted by Crippen LogP contribution is 2.21. The van der Waals surface area contributed by atoms with E-state index in [2.05, 4.69) is 0 Å². The van der Waals surface area contributed by atoms with Crippen molar-refractivity contribution in [3.05, 3.63) is 48.0 Å². The Morgan fingerprint density at radius 1 is 1.33 bits per heavy atom. The summed E-state index contributed by atoms with van der Waals surface area (Å²) in [5, 5.41) is 18.5. The largest absolute Gasteiger partial charge is 0.473 e. The molecule has 1 aliphatic heterocycles. The second-order valence-corrected chi connectivity index (χ2v) is 8.88. The molecule has 1 amide bonds. The Hall–Kier alpha value is -1.44. The van der Waals surface area contributed by atoms with Gasteiger partial charge in [-0.2, -0.15) is 11.8 Å². The Bertz CT molecular complexity index is 624. The Balaban J connectivity index is 1.79. The average Bonchev–Trinajstić information content (AvgIpc) is 2.65. The van der Waals surface area contributed by atoms with Gasteiger partial charge in [0.15, 0.2) is 0 Å². The van der Waals surface area contributed by atoms with Crippen LogP contribution in [0.3, 0.4) is 0 Å². The van der Waals surface area contributed by atoms with Crippen LogP contribution in [0.25, 0.3) is 0 Å². The summed E-state index contributed by atoms with van der Waals surface area (Å²) in [5.74, 6) is 0.996. The molecule has 0 saturated carbocycles. The SMILES string of the molecule is O=C(O)SCSCCCN1C(=O)CCC[C@@H]1C=CC(O)Cc1ccccc1. The molecule has 1 heterocycles. The van der Waals surface area contributed by atoms with E-state index >= 15 is 0 Å². The van der Waals surface area contributed by atoms with E-state index in [-0.39, 0.29) is 11.9 Å². The molecular weight excluding hydrogens is 382 g/mol. The molecule has 0 radical (unpaired) electrons. The van der Waals surface area contributed by atoms with Gasteiger partial charge in [0.1, 0.15) is 0 Å². The summed E-state index contributed by atoms with van der Waals surface area (Å²) >= 11 is 2.47. The van der Waals surface area contributed by atoms with E-state index < -0.39 is 11.4 Å². The van der Waals surface area contributed by atoms with Crippen molar-refractivity contribution in [2.45, 2.75) is 44.2 Å². The van der Waals surface area contributed by atoms with Gasteiger partial charge < -0.3 is 15.1 Å². The molecule has 1 unspecified atom stereocenters. The minimum atomic E-state index is -0.854. The lowest BCUT2D eigenvalue weighted by molar-refractivity contribution is -0.135. The molecule has 1 aliphatic rings. The molecule has 2 N–H and O–H groups in total. The van der Waals surface area contributed by atoms with Gasteiger partial charge in [-0.1, -0.05) is 42.5 Å². The first-order chi connectivity index (χ1) is 13.1. The average molecular weight is 410 g/mol. The van der Waals surface area contributed by atoms with Gasteiger partial charge in [0, 0.05) is 19.4 Å². The van der Waals surface area contributed by atoms with Crippen molar-refractivity contribution in [2.75, 3.05) is 17.4 Å². The quantitative estimate of drug-likeness (QED) is 0.345. The number of carboxylic acid groups (broad SMARTS) is 1. The predicted molar refractivity (Wildman–Crippen MR) is 112 cm³/mol. The minimum absolute atomic E-state index is 0.0371. The lowest BCUT2D eigenvalue weighted by Crippen LogP contribution is -2.43. The standard InChI is InChI=1S/C20H27NO4S2/c22-18(14-16-6-2-1-3-7-16)11-10-17-8-4-9-19(23)21(17)12-5-13-26-15-27-20(24)25/h1-3,6-7,10-11,17-18,22H,4-5,8-9,12-15H2,(H,24,25)/t17-,18?/m1/s1. The second-order valence-electron chi connectivity index (χ2n) is 6.48. The maximum absolute atomic E-state index is 12.3. The van der Waals surface area contributed by atoms with E-state index in [1.165, 1.54) is 0 Å². The Kier molecular flexibility index (Phi) is 9.80. The monoisotopic (exact) mass is 409 g/mol. The number of aliphatic hydroxyl groups is 1. The number of amides is 1. The van der Waals surface area contributed by atoms with Gasteiger partial charge in [-0.3, -0.25) is 4.79 Å². The molecule has 0 spiro atoms. The van der Waals surface area contributed by atoms with Crippen LogP contribution < -0.4 is 0 Å². The molecule has 2 rings (SSSR count). The molecular formula is C20H27NO4S2. The van der Waals surface area contributed by atoms with Crippen molar-refractivity contribution < 1.29 is 19.8 Å². The highest BCUT2D eigenvalue weighted by molar-refractivity contribution is 8.23. The first-order valence-electron chi connectivity index (χ1n) is 9.19. The van der Waals surface area contributed by atoms with E-state index in [1.54, 1.807) is 11.8 Å². The molecule has 148 valence electrons. The number of carbonyl (C=O) groups is 2. The van der Waals surface area contributed by atoms with Gasteiger partial charge in [-0.05, 0) is 42.3 Å². The molecule has 0 aromatic heterocycles. The van der Waals surface area contributed by atoms with Gasteiger partial charge in [0.2, 0.25) is 5.91 Å². The van der Waals surface area contributed by atoms with Gasteiger partial charge in [-0.15, -0.1) is 0 Å².